The van der Waals surface area contributed by atoms with Gasteiger partial charge in [-0.3, -0.25) is 4.79 Å². The molecule has 0 aliphatic rings. The van der Waals surface area contributed by atoms with Gasteiger partial charge < -0.3 is 30.9 Å². The van der Waals surface area contributed by atoms with Crippen LogP contribution in [0.3, 0.4) is 0 Å². The molecule has 1 amide bonds. The molecule has 0 saturated carbocycles. The van der Waals surface area contributed by atoms with Gasteiger partial charge in [-0.2, -0.15) is 0 Å². The summed E-state index contributed by atoms with van der Waals surface area (Å²) in [4.78, 5) is 31.5. The fourth-order valence-corrected chi connectivity index (χ4v) is 2.98. The Bertz CT molecular complexity index is 309. The van der Waals surface area contributed by atoms with E-state index in [0.29, 0.717) is 0 Å². The molecule has 0 spiro atoms. The topological polar surface area (TPSA) is 135 Å². The molecule has 3 N–H and O–H groups in total. The summed E-state index contributed by atoms with van der Waals surface area (Å²) in [6.45, 7) is 1.19. The van der Waals surface area contributed by atoms with E-state index >= 15 is 0 Å². The molecule has 0 aromatic carbocycles. The monoisotopic (exact) mass is 326 g/mol. The zero-order valence-corrected chi connectivity index (χ0v) is 16.6. The van der Waals surface area contributed by atoms with Crippen molar-refractivity contribution in [2.45, 2.75) is 19.0 Å². The fraction of sp³-hybridized carbons (Fsp3) is 0.625. The van der Waals surface area contributed by atoms with E-state index in [-0.39, 0.29) is 70.6 Å². The molecule has 7 nitrogen and oxygen atoms in total. The number of carbonyl (C=O) groups excluding carboxylic acids is 3. The molecule has 98 valence electrons. The summed E-state index contributed by atoms with van der Waals surface area (Å²) in [5.74, 6) is -3.08. The SMILES string of the molecule is CC(=O)N[C@@H](CSSC[C@H](N)C(=O)[O-])C(=O)[O-].[Na+].[Na+]. The zero-order valence-electron chi connectivity index (χ0n) is 11.0. The Morgan fingerprint density at radius 1 is 1.11 bits per heavy atom. The quantitative estimate of drug-likeness (QED) is 0.255. The van der Waals surface area contributed by atoms with Crippen molar-refractivity contribution in [2.24, 2.45) is 5.73 Å². The number of carboxylic acids is 2. The van der Waals surface area contributed by atoms with Crippen LogP contribution in [0.5, 0.6) is 0 Å². The molecule has 0 aliphatic heterocycles. The van der Waals surface area contributed by atoms with Gasteiger partial charge >= 0.3 is 59.1 Å². The van der Waals surface area contributed by atoms with E-state index in [9.17, 15) is 24.6 Å². The first-order valence-corrected chi connectivity index (χ1v) is 7.02. The van der Waals surface area contributed by atoms with Gasteiger partial charge in [-0.25, -0.2) is 0 Å². The Morgan fingerprint density at radius 2 is 1.58 bits per heavy atom. The molecule has 0 fully saturated rings. The van der Waals surface area contributed by atoms with Gasteiger partial charge in [0.05, 0.1) is 24.0 Å². The molecule has 0 unspecified atom stereocenters. The molecule has 0 rings (SSSR count). The van der Waals surface area contributed by atoms with Crippen LogP contribution in [-0.4, -0.2) is 41.4 Å². The van der Waals surface area contributed by atoms with E-state index in [0.717, 1.165) is 21.6 Å². The Labute approximate surface area is 163 Å². The fourth-order valence-electron chi connectivity index (χ4n) is 0.720. The van der Waals surface area contributed by atoms with Crippen LogP contribution in [0, 0.1) is 0 Å². The summed E-state index contributed by atoms with van der Waals surface area (Å²) in [5.41, 5.74) is 5.18. The van der Waals surface area contributed by atoms with Crippen LogP contribution in [0.15, 0.2) is 0 Å². The predicted molar refractivity (Wildman–Crippen MR) is 60.5 cm³/mol. The summed E-state index contributed by atoms with van der Waals surface area (Å²) in [5, 5.41) is 23.1. The van der Waals surface area contributed by atoms with Crippen molar-refractivity contribution < 1.29 is 83.7 Å². The van der Waals surface area contributed by atoms with Crippen molar-refractivity contribution in [3.63, 3.8) is 0 Å². The third kappa shape index (κ3) is 13.8. The van der Waals surface area contributed by atoms with Crippen molar-refractivity contribution in [1.82, 2.24) is 5.32 Å². The Kier molecular flexibility index (Phi) is 18.5. The molecular formula is C8H12N2Na2O5S2. The largest absolute Gasteiger partial charge is 1.00 e. The van der Waals surface area contributed by atoms with E-state index in [4.69, 9.17) is 5.73 Å². The molecule has 19 heavy (non-hydrogen) atoms. The maximum atomic E-state index is 10.7. The maximum absolute atomic E-state index is 10.7. The molecule has 2 atom stereocenters. The number of rotatable bonds is 8. The number of amides is 1. The number of nitrogens with one attached hydrogen (secondary N) is 1. The number of hydrogen-bond acceptors (Lipinski definition) is 8. The second-order valence-electron chi connectivity index (χ2n) is 3.07. The second kappa shape index (κ2) is 14.0. The summed E-state index contributed by atoms with van der Waals surface area (Å²) in [6, 6.07) is -2.21. The van der Waals surface area contributed by atoms with Crippen LogP contribution in [0.4, 0.5) is 0 Å². The average Bonchev–Trinajstić information content (AvgIpc) is 2.21. The van der Waals surface area contributed by atoms with E-state index in [1.165, 1.54) is 6.92 Å². The van der Waals surface area contributed by atoms with Gasteiger partial charge in [0.2, 0.25) is 5.91 Å². The average molecular weight is 326 g/mol. The Hall–Kier alpha value is 1.07. The van der Waals surface area contributed by atoms with Gasteiger partial charge in [-0.05, 0) is 0 Å². The number of hydrogen-bond donors (Lipinski definition) is 2. The molecular weight excluding hydrogens is 314 g/mol. The molecule has 0 heterocycles. The van der Waals surface area contributed by atoms with E-state index in [1.807, 2.05) is 0 Å². The smallest absolute Gasteiger partial charge is 0.548 e. The first kappa shape index (κ1) is 25.0. The number of carboxylic acid groups (broad SMARTS) is 2. The third-order valence-electron chi connectivity index (χ3n) is 1.53. The van der Waals surface area contributed by atoms with Gasteiger partial charge in [0.25, 0.3) is 0 Å². The van der Waals surface area contributed by atoms with Crippen LogP contribution < -0.4 is 80.4 Å². The van der Waals surface area contributed by atoms with Crippen molar-refractivity contribution >= 4 is 39.4 Å². The number of nitrogens with two attached hydrogens (primary N) is 1. The second-order valence-corrected chi connectivity index (χ2v) is 5.62. The maximum Gasteiger partial charge on any atom is 1.00 e. The Balaban J connectivity index is -0.00000128. The summed E-state index contributed by atoms with van der Waals surface area (Å²) in [6.07, 6.45) is 0. The van der Waals surface area contributed by atoms with Gasteiger partial charge in [0.1, 0.15) is 0 Å². The van der Waals surface area contributed by atoms with E-state index < -0.39 is 29.9 Å². The molecule has 11 heteroatoms. The molecule has 0 aromatic heterocycles. The van der Waals surface area contributed by atoms with E-state index in [1.54, 1.807) is 0 Å². The molecule has 0 bridgehead atoms. The Morgan fingerprint density at radius 3 is 1.95 bits per heavy atom. The molecule has 0 radical (unpaired) electrons. The molecule has 0 saturated heterocycles. The summed E-state index contributed by atoms with van der Waals surface area (Å²) >= 11 is 0. The summed E-state index contributed by atoms with van der Waals surface area (Å²) < 4.78 is 0. The van der Waals surface area contributed by atoms with Crippen LogP contribution in [0.2, 0.25) is 0 Å². The third-order valence-corrected chi connectivity index (χ3v) is 3.98. The van der Waals surface area contributed by atoms with Crippen LogP contribution in [-0.2, 0) is 14.4 Å². The zero-order chi connectivity index (χ0) is 13.4. The van der Waals surface area contributed by atoms with Crippen LogP contribution >= 0.6 is 21.6 Å². The minimum absolute atomic E-state index is 0. The normalized spacial score (nSPS) is 12.3. The summed E-state index contributed by atoms with van der Waals surface area (Å²) in [7, 11) is 2.18. The molecule has 0 aromatic rings. The van der Waals surface area contributed by atoms with Crippen molar-refractivity contribution in [1.29, 1.82) is 0 Å². The number of aliphatic carboxylic acids is 2. The van der Waals surface area contributed by atoms with Gasteiger partial charge in [-0.15, -0.1) is 0 Å². The van der Waals surface area contributed by atoms with Gasteiger partial charge in [0.15, 0.2) is 0 Å². The van der Waals surface area contributed by atoms with Crippen molar-refractivity contribution in [3.05, 3.63) is 0 Å². The molecule has 0 aliphatic carbocycles. The minimum atomic E-state index is -1.39. The van der Waals surface area contributed by atoms with Crippen LogP contribution in [0.1, 0.15) is 6.92 Å². The van der Waals surface area contributed by atoms with Crippen LogP contribution in [0.25, 0.3) is 0 Å². The minimum Gasteiger partial charge on any atom is -0.548 e. The van der Waals surface area contributed by atoms with Crippen molar-refractivity contribution in [2.75, 3.05) is 11.5 Å². The van der Waals surface area contributed by atoms with Gasteiger partial charge in [-0.1, -0.05) is 21.6 Å². The van der Waals surface area contributed by atoms with Gasteiger partial charge in [0, 0.05) is 18.4 Å². The standard InChI is InChI=1S/C8H14N2O5S2.2Na/c1-4(11)10-6(8(14)15)3-17-16-2-5(9)7(12)13;;/h5-6H,2-3,9H2,1H3,(H,10,11)(H,12,13)(H,14,15);;/q;2*+1/p-2/t5-,6-;;/m0../s1. The first-order chi connectivity index (χ1) is 7.84. The first-order valence-electron chi connectivity index (χ1n) is 4.53. The van der Waals surface area contributed by atoms with Crippen molar-refractivity contribution in [3.8, 4) is 0 Å². The number of carbonyl (C=O) groups is 3. The van der Waals surface area contributed by atoms with E-state index in [2.05, 4.69) is 5.32 Å². The predicted octanol–water partition coefficient (Wildman–Crippen LogP) is -9.29.